The molecule has 2 saturated heterocycles. The number of rotatable bonds is 3. The summed E-state index contributed by atoms with van der Waals surface area (Å²) >= 11 is 0. The highest BCUT2D eigenvalue weighted by atomic mass is 16.3. The second-order valence-corrected chi connectivity index (χ2v) is 5.51. The van der Waals surface area contributed by atoms with Crippen LogP contribution in [0.1, 0.15) is 12.0 Å². The highest BCUT2D eigenvalue weighted by molar-refractivity contribution is 5.78. The number of nitrogens with zero attached hydrogens (tertiary/aromatic N) is 2. The van der Waals surface area contributed by atoms with Gasteiger partial charge in [-0.05, 0) is 18.1 Å². The van der Waals surface area contributed by atoms with Crippen LogP contribution >= 0.6 is 0 Å². The molecule has 3 N–H and O–H groups in total. The number of nitrogens with one attached hydrogen (secondary N) is 2. The van der Waals surface area contributed by atoms with E-state index in [1.165, 1.54) is 0 Å². The van der Waals surface area contributed by atoms with Crippen molar-refractivity contribution in [2.24, 2.45) is 5.92 Å². The van der Waals surface area contributed by atoms with Gasteiger partial charge in [-0.2, -0.15) is 0 Å². The lowest BCUT2D eigenvalue weighted by Crippen LogP contribution is -2.49. The minimum Gasteiger partial charge on any atom is -0.395 e. The molecule has 2 aliphatic heterocycles. The van der Waals surface area contributed by atoms with Crippen LogP contribution in [0.25, 0.3) is 0 Å². The summed E-state index contributed by atoms with van der Waals surface area (Å²) in [5.74, 6) is 0.423. The molecule has 0 aliphatic carbocycles. The van der Waals surface area contributed by atoms with E-state index in [2.05, 4.69) is 15.8 Å². The number of hydrazine groups is 1. The molecule has 0 aromatic carbocycles. The predicted molar refractivity (Wildman–Crippen MR) is 73.6 cm³/mol. The summed E-state index contributed by atoms with van der Waals surface area (Å²) in [4.78, 5) is 18.3. The van der Waals surface area contributed by atoms with Crippen molar-refractivity contribution in [2.45, 2.75) is 24.9 Å². The summed E-state index contributed by atoms with van der Waals surface area (Å²) in [5, 5.41) is 9.35. The average molecular weight is 276 g/mol. The number of aromatic nitrogens is 1. The average Bonchev–Trinajstić information content (AvgIpc) is 2.90. The Morgan fingerprint density at radius 3 is 3.15 bits per heavy atom. The zero-order valence-electron chi connectivity index (χ0n) is 11.3. The fraction of sp³-hybridized carbons (Fsp3) is 0.571. The first-order valence-corrected chi connectivity index (χ1v) is 7.06. The van der Waals surface area contributed by atoms with Crippen LogP contribution in [0.4, 0.5) is 0 Å². The first-order chi connectivity index (χ1) is 9.78. The van der Waals surface area contributed by atoms with Crippen LogP contribution in [-0.4, -0.2) is 52.7 Å². The standard InChI is InChI=1S/C14H20N4O2/c19-9-13-11-8-18(5-3-12(11)16-17-13)14(20)6-10-2-1-4-15-7-10/h1-2,4,7,11-13,16-17,19H,3,5-6,8-9H2. The molecule has 108 valence electrons. The second kappa shape index (κ2) is 5.87. The van der Waals surface area contributed by atoms with E-state index in [0.29, 0.717) is 19.0 Å². The van der Waals surface area contributed by atoms with E-state index in [0.717, 1.165) is 18.5 Å². The largest absolute Gasteiger partial charge is 0.395 e. The Morgan fingerprint density at radius 2 is 2.40 bits per heavy atom. The molecule has 2 fully saturated rings. The van der Waals surface area contributed by atoms with Crippen LogP contribution in [0, 0.1) is 5.92 Å². The van der Waals surface area contributed by atoms with E-state index in [-0.39, 0.29) is 24.5 Å². The van der Waals surface area contributed by atoms with Gasteiger partial charge in [0.2, 0.25) is 5.91 Å². The summed E-state index contributed by atoms with van der Waals surface area (Å²) in [7, 11) is 0. The lowest BCUT2D eigenvalue weighted by atomic mass is 9.88. The number of aliphatic hydroxyl groups excluding tert-OH is 1. The molecule has 0 saturated carbocycles. The number of fused-ring (bicyclic) bond motifs is 1. The van der Waals surface area contributed by atoms with Gasteiger partial charge < -0.3 is 10.0 Å². The zero-order valence-corrected chi connectivity index (χ0v) is 11.3. The number of pyridine rings is 1. The van der Waals surface area contributed by atoms with Gasteiger partial charge in [0.25, 0.3) is 0 Å². The minimum atomic E-state index is 0.0361. The van der Waals surface area contributed by atoms with E-state index < -0.39 is 0 Å². The molecule has 3 unspecified atom stereocenters. The summed E-state index contributed by atoms with van der Waals surface area (Å²) in [6.07, 6.45) is 4.77. The molecule has 1 aromatic heterocycles. The van der Waals surface area contributed by atoms with Gasteiger partial charge in [-0.1, -0.05) is 6.07 Å². The molecular formula is C14H20N4O2. The number of piperidine rings is 1. The van der Waals surface area contributed by atoms with Gasteiger partial charge in [0, 0.05) is 37.4 Å². The zero-order chi connectivity index (χ0) is 13.9. The highest BCUT2D eigenvalue weighted by Gasteiger charge is 2.40. The van der Waals surface area contributed by atoms with Crippen molar-refractivity contribution in [3.63, 3.8) is 0 Å². The van der Waals surface area contributed by atoms with Crippen LogP contribution in [0.3, 0.4) is 0 Å². The van der Waals surface area contributed by atoms with Gasteiger partial charge in [0.15, 0.2) is 0 Å². The van der Waals surface area contributed by atoms with Crippen LogP contribution in [0.5, 0.6) is 0 Å². The molecule has 6 heteroatoms. The molecule has 20 heavy (non-hydrogen) atoms. The molecule has 0 bridgehead atoms. The van der Waals surface area contributed by atoms with Crippen molar-refractivity contribution in [2.75, 3.05) is 19.7 Å². The molecule has 6 nitrogen and oxygen atoms in total. The maximum Gasteiger partial charge on any atom is 0.227 e. The van der Waals surface area contributed by atoms with E-state index in [1.807, 2.05) is 17.0 Å². The summed E-state index contributed by atoms with van der Waals surface area (Å²) < 4.78 is 0. The van der Waals surface area contributed by atoms with Crippen molar-refractivity contribution in [3.8, 4) is 0 Å². The Hall–Kier alpha value is -1.50. The van der Waals surface area contributed by atoms with E-state index in [4.69, 9.17) is 0 Å². The number of carbonyl (C=O) groups is 1. The van der Waals surface area contributed by atoms with E-state index >= 15 is 0 Å². The van der Waals surface area contributed by atoms with Crippen LogP contribution in [-0.2, 0) is 11.2 Å². The Morgan fingerprint density at radius 1 is 1.50 bits per heavy atom. The Kier molecular flexibility index (Phi) is 3.95. The number of amides is 1. The molecule has 1 aromatic rings. The van der Waals surface area contributed by atoms with Crippen molar-refractivity contribution < 1.29 is 9.90 Å². The number of carbonyl (C=O) groups excluding carboxylic acids is 1. The molecule has 1 amide bonds. The van der Waals surface area contributed by atoms with Crippen molar-refractivity contribution in [3.05, 3.63) is 30.1 Å². The molecule has 3 atom stereocenters. The SMILES string of the molecule is O=C(Cc1cccnc1)N1CCC2NNC(CO)C2C1. The molecular weight excluding hydrogens is 256 g/mol. The number of aliphatic hydroxyl groups is 1. The molecule has 0 spiro atoms. The third-order valence-corrected chi connectivity index (χ3v) is 4.26. The fourth-order valence-corrected chi connectivity index (χ4v) is 3.09. The van der Waals surface area contributed by atoms with E-state index in [9.17, 15) is 9.90 Å². The highest BCUT2D eigenvalue weighted by Crippen LogP contribution is 2.24. The number of hydrogen-bond acceptors (Lipinski definition) is 5. The monoisotopic (exact) mass is 276 g/mol. The number of likely N-dealkylation sites (tertiary alicyclic amines) is 1. The van der Waals surface area contributed by atoms with E-state index in [1.54, 1.807) is 12.4 Å². The van der Waals surface area contributed by atoms with Crippen molar-refractivity contribution in [1.82, 2.24) is 20.7 Å². The summed E-state index contributed by atoms with van der Waals surface area (Å²) in [6.45, 7) is 1.57. The lowest BCUT2D eigenvalue weighted by Gasteiger charge is -2.35. The third kappa shape index (κ3) is 2.67. The summed E-state index contributed by atoms with van der Waals surface area (Å²) in [6, 6.07) is 4.16. The van der Waals surface area contributed by atoms with Gasteiger partial charge in [0.05, 0.1) is 19.1 Å². The normalized spacial score (nSPS) is 29.2. The number of hydrogen-bond donors (Lipinski definition) is 3. The van der Waals surface area contributed by atoms with Gasteiger partial charge in [0.1, 0.15) is 0 Å². The lowest BCUT2D eigenvalue weighted by molar-refractivity contribution is -0.132. The van der Waals surface area contributed by atoms with Gasteiger partial charge in [-0.25, -0.2) is 0 Å². The van der Waals surface area contributed by atoms with Crippen LogP contribution in [0.2, 0.25) is 0 Å². The van der Waals surface area contributed by atoms with Gasteiger partial charge in [-0.15, -0.1) is 0 Å². The third-order valence-electron chi connectivity index (χ3n) is 4.26. The maximum atomic E-state index is 12.3. The van der Waals surface area contributed by atoms with Crippen molar-refractivity contribution >= 4 is 5.91 Å². The molecule has 2 aliphatic rings. The molecule has 3 rings (SSSR count). The Balaban J connectivity index is 1.62. The fourth-order valence-electron chi connectivity index (χ4n) is 3.09. The quantitative estimate of drug-likeness (QED) is 0.681. The van der Waals surface area contributed by atoms with Gasteiger partial charge >= 0.3 is 0 Å². The van der Waals surface area contributed by atoms with Crippen molar-refractivity contribution in [1.29, 1.82) is 0 Å². The summed E-state index contributed by atoms with van der Waals surface area (Å²) in [5.41, 5.74) is 7.27. The minimum absolute atomic E-state index is 0.0361. The molecule has 3 heterocycles. The Labute approximate surface area is 118 Å². The van der Waals surface area contributed by atoms with Gasteiger partial charge in [-0.3, -0.25) is 20.6 Å². The topological polar surface area (TPSA) is 77.5 Å². The van der Waals surface area contributed by atoms with Crippen LogP contribution in [0.15, 0.2) is 24.5 Å². The first kappa shape index (κ1) is 13.5. The second-order valence-electron chi connectivity index (χ2n) is 5.51. The molecule has 0 radical (unpaired) electrons. The van der Waals surface area contributed by atoms with Crippen LogP contribution < -0.4 is 10.9 Å². The predicted octanol–water partition coefficient (Wildman–Crippen LogP) is -0.690. The first-order valence-electron chi connectivity index (χ1n) is 7.06. The smallest absolute Gasteiger partial charge is 0.227 e. The Bertz CT molecular complexity index is 462. The maximum absolute atomic E-state index is 12.3.